The summed E-state index contributed by atoms with van der Waals surface area (Å²) in [5.74, 6) is -0.762. The van der Waals surface area contributed by atoms with Crippen molar-refractivity contribution in [2.24, 2.45) is 17.8 Å². The third-order valence-corrected chi connectivity index (χ3v) is 7.17. The Balaban J connectivity index is 1.45. The van der Waals surface area contributed by atoms with Gasteiger partial charge in [-0.2, -0.15) is 0 Å². The number of aldehydes is 1. The minimum atomic E-state index is -0.719. The average molecular weight is 452 g/mol. The van der Waals surface area contributed by atoms with Crippen LogP contribution in [-0.2, 0) is 14.4 Å². The zero-order chi connectivity index (χ0) is 23.2. The van der Waals surface area contributed by atoms with E-state index in [0.29, 0.717) is 43.7 Å². The molecular weight excluding hydrogens is 418 g/mol. The van der Waals surface area contributed by atoms with Crippen LogP contribution in [0.3, 0.4) is 0 Å². The van der Waals surface area contributed by atoms with Crippen LogP contribution >= 0.6 is 0 Å². The third-order valence-electron chi connectivity index (χ3n) is 7.17. The normalized spacial score (nSPS) is 20.8. The van der Waals surface area contributed by atoms with E-state index in [2.05, 4.69) is 15.6 Å². The number of carbonyl (C=O) groups excluding carboxylic acids is 4. The smallest absolute Gasteiger partial charge is 0.224 e. The van der Waals surface area contributed by atoms with Gasteiger partial charge in [-0.1, -0.05) is 50.3 Å². The van der Waals surface area contributed by atoms with E-state index in [4.69, 9.17) is 0 Å². The molecule has 2 amide bonds. The van der Waals surface area contributed by atoms with Gasteiger partial charge in [-0.15, -0.1) is 0 Å². The molecule has 0 spiro atoms. The molecule has 0 radical (unpaired) electrons. The summed E-state index contributed by atoms with van der Waals surface area (Å²) in [5, 5.41) is 6.57. The van der Waals surface area contributed by atoms with Crippen molar-refractivity contribution in [2.45, 2.75) is 63.8 Å². The van der Waals surface area contributed by atoms with E-state index in [1.165, 1.54) is 6.42 Å². The lowest BCUT2D eigenvalue weighted by Crippen LogP contribution is -2.42. The second-order valence-corrected chi connectivity index (χ2v) is 9.60. The molecule has 3 N–H and O–H groups in total. The molecule has 1 aromatic carbocycles. The molecule has 0 unspecified atom stereocenters. The van der Waals surface area contributed by atoms with Crippen molar-refractivity contribution in [2.75, 3.05) is 6.54 Å². The molecular formula is C26H33N3O4. The van der Waals surface area contributed by atoms with E-state index in [0.717, 1.165) is 36.6 Å². The third kappa shape index (κ3) is 5.89. The number of hydrogen-bond acceptors (Lipinski definition) is 4. The fraction of sp³-hybridized carbons (Fsp3) is 0.538. The average Bonchev–Trinajstić information content (AvgIpc) is 3.44. The lowest BCUT2D eigenvalue weighted by Gasteiger charge is -2.27. The highest BCUT2D eigenvalue weighted by molar-refractivity contribution is 6.01. The number of hydrogen-bond donors (Lipinski definition) is 3. The number of aromatic nitrogens is 1. The first-order valence-electron chi connectivity index (χ1n) is 12.2. The maximum Gasteiger partial charge on any atom is 0.224 e. The largest absolute Gasteiger partial charge is 0.356 e. The van der Waals surface area contributed by atoms with E-state index in [1.807, 2.05) is 30.3 Å². The number of benzene rings is 1. The molecule has 2 fully saturated rings. The van der Waals surface area contributed by atoms with Crippen molar-refractivity contribution in [1.29, 1.82) is 0 Å². The van der Waals surface area contributed by atoms with Gasteiger partial charge in [-0.05, 0) is 37.3 Å². The zero-order valence-electron chi connectivity index (χ0n) is 19.0. The number of para-hydroxylation sites is 1. The highest BCUT2D eigenvalue weighted by Crippen LogP contribution is 2.31. The van der Waals surface area contributed by atoms with Crippen LogP contribution < -0.4 is 10.6 Å². The minimum absolute atomic E-state index is 0.0659. The lowest BCUT2D eigenvalue weighted by molar-refractivity contribution is -0.129. The Kier molecular flexibility index (Phi) is 7.57. The van der Waals surface area contributed by atoms with Crippen molar-refractivity contribution in [3.05, 3.63) is 36.0 Å². The summed E-state index contributed by atoms with van der Waals surface area (Å²) in [5.41, 5.74) is 1.40. The Morgan fingerprint density at radius 1 is 1.09 bits per heavy atom. The quantitative estimate of drug-likeness (QED) is 0.379. The van der Waals surface area contributed by atoms with E-state index in [1.54, 1.807) is 0 Å². The molecule has 1 saturated carbocycles. The van der Waals surface area contributed by atoms with E-state index in [9.17, 15) is 19.2 Å². The lowest BCUT2D eigenvalue weighted by atomic mass is 9.80. The van der Waals surface area contributed by atoms with Crippen molar-refractivity contribution >= 4 is 34.8 Å². The molecule has 1 aliphatic heterocycles. The van der Waals surface area contributed by atoms with E-state index < -0.39 is 12.0 Å². The predicted octanol–water partition coefficient (Wildman–Crippen LogP) is 3.54. The Morgan fingerprint density at radius 3 is 2.58 bits per heavy atom. The number of H-pyrrole nitrogens is 1. The van der Waals surface area contributed by atoms with Crippen LogP contribution in [0, 0.1) is 17.8 Å². The molecule has 2 aliphatic rings. The van der Waals surface area contributed by atoms with Crippen molar-refractivity contribution in [1.82, 2.24) is 15.6 Å². The van der Waals surface area contributed by atoms with Gasteiger partial charge >= 0.3 is 0 Å². The molecule has 2 heterocycles. The summed E-state index contributed by atoms with van der Waals surface area (Å²) < 4.78 is 0. The summed E-state index contributed by atoms with van der Waals surface area (Å²) in [6.07, 6.45) is 8.10. The van der Waals surface area contributed by atoms with Crippen molar-refractivity contribution < 1.29 is 19.2 Å². The molecule has 4 rings (SSSR count). The summed E-state index contributed by atoms with van der Waals surface area (Å²) >= 11 is 0. The van der Waals surface area contributed by atoms with Crippen molar-refractivity contribution in [3.8, 4) is 0 Å². The molecule has 1 aromatic heterocycles. The van der Waals surface area contributed by atoms with Gasteiger partial charge in [0.1, 0.15) is 6.29 Å². The highest BCUT2D eigenvalue weighted by Gasteiger charge is 2.31. The molecule has 3 atom stereocenters. The number of amides is 2. The number of aromatic amines is 1. The van der Waals surface area contributed by atoms with Crippen LogP contribution in [0.25, 0.3) is 10.9 Å². The van der Waals surface area contributed by atoms with Gasteiger partial charge in [0, 0.05) is 35.7 Å². The Hall–Kier alpha value is -2.96. The van der Waals surface area contributed by atoms with Crippen LogP contribution in [-0.4, -0.2) is 41.5 Å². The SMILES string of the molecule is O=C[C@H](C[C@@H]1CCNC1=O)NC(=O)[C@@H](CC(=O)c1cc2ccccc2[nH]1)CC1CCCCC1. The van der Waals surface area contributed by atoms with Crippen molar-refractivity contribution in [3.63, 3.8) is 0 Å². The number of rotatable bonds is 10. The fourth-order valence-electron chi connectivity index (χ4n) is 5.29. The van der Waals surface area contributed by atoms with E-state index in [-0.39, 0.29) is 29.9 Å². The number of ketones is 1. The van der Waals surface area contributed by atoms with Crippen LogP contribution in [0.1, 0.15) is 68.3 Å². The fourth-order valence-corrected chi connectivity index (χ4v) is 5.29. The molecule has 2 aromatic rings. The maximum absolute atomic E-state index is 13.2. The Morgan fingerprint density at radius 2 is 1.88 bits per heavy atom. The van der Waals surface area contributed by atoms with Gasteiger partial charge in [0.2, 0.25) is 11.8 Å². The topological polar surface area (TPSA) is 108 Å². The minimum Gasteiger partial charge on any atom is -0.356 e. The van der Waals surface area contributed by atoms with Gasteiger partial charge in [0.15, 0.2) is 5.78 Å². The van der Waals surface area contributed by atoms with Gasteiger partial charge in [0.05, 0.1) is 11.7 Å². The first-order valence-corrected chi connectivity index (χ1v) is 12.2. The second-order valence-electron chi connectivity index (χ2n) is 9.60. The molecule has 7 heteroatoms. The van der Waals surface area contributed by atoms with Crippen LogP contribution in [0.2, 0.25) is 0 Å². The van der Waals surface area contributed by atoms with Gasteiger partial charge in [0.25, 0.3) is 0 Å². The number of Topliss-reactive ketones (excluding diaryl/α,β-unsaturated/α-hetero) is 1. The first kappa shape index (κ1) is 23.2. The van der Waals surface area contributed by atoms with Crippen LogP contribution in [0.15, 0.2) is 30.3 Å². The molecule has 176 valence electrons. The summed E-state index contributed by atoms with van der Waals surface area (Å²) in [4.78, 5) is 53.1. The molecule has 33 heavy (non-hydrogen) atoms. The second kappa shape index (κ2) is 10.8. The molecule has 1 saturated heterocycles. The first-order chi connectivity index (χ1) is 16.0. The maximum atomic E-state index is 13.2. The van der Waals surface area contributed by atoms with Gasteiger partial charge < -0.3 is 20.4 Å². The number of nitrogens with one attached hydrogen (secondary N) is 3. The highest BCUT2D eigenvalue weighted by atomic mass is 16.2. The van der Waals surface area contributed by atoms with Crippen LogP contribution in [0.5, 0.6) is 0 Å². The Bertz CT molecular complexity index is 975. The Labute approximate surface area is 194 Å². The molecule has 7 nitrogen and oxygen atoms in total. The van der Waals surface area contributed by atoms with Gasteiger partial charge in [-0.3, -0.25) is 14.4 Å². The van der Waals surface area contributed by atoms with E-state index >= 15 is 0 Å². The van der Waals surface area contributed by atoms with Gasteiger partial charge in [-0.25, -0.2) is 0 Å². The predicted molar refractivity (Wildman–Crippen MR) is 126 cm³/mol. The molecule has 0 bridgehead atoms. The summed E-state index contributed by atoms with van der Waals surface area (Å²) in [6, 6.07) is 8.82. The summed E-state index contributed by atoms with van der Waals surface area (Å²) in [7, 11) is 0. The zero-order valence-corrected chi connectivity index (χ0v) is 19.0. The number of carbonyl (C=O) groups is 4. The monoisotopic (exact) mass is 451 g/mol. The van der Waals surface area contributed by atoms with Crippen LogP contribution in [0.4, 0.5) is 0 Å². The molecule has 1 aliphatic carbocycles. The standard InChI is InChI=1S/C26H33N3O4/c30-16-21(13-19-10-11-27-25(19)32)28-26(33)20(12-17-6-2-1-3-7-17)15-24(31)23-14-18-8-4-5-9-22(18)29-23/h4-5,8-9,14,16-17,19-21,29H,1-3,6-7,10-13,15H2,(H,27,32)(H,28,33)/t19-,20+,21-/m0/s1. The number of fused-ring (bicyclic) bond motifs is 1. The summed E-state index contributed by atoms with van der Waals surface area (Å²) in [6.45, 7) is 0.604.